The van der Waals surface area contributed by atoms with Crippen molar-refractivity contribution in [2.75, 3.05) is 0 Å². The third kappa shape index (κ3) is 9.50. The largest absolute Gasteiger partial charge is 0.292 e. The van der Waals surface area contributed by atoms with Crippen molar-refractivity contribution < 1.29 is 0 Å². The molecule has 5 heteroatoms. The molecule has 0 atom stereocenters. The fraction of sp³-hybridized carbons (Fsp3) is 0.0874. The minimum absolute atomic E-state index is 0.182. The monoisotopic (exact) mass is 1380 g/mol. The Hall–Kier alpha value is -13.2. The summed E-state index contributed by atoms with van der Waals surface area (Å²) in [5.74, 6) is 0.939. The van der Waals surface area contributed by atoms with Crippen LogP contribution in [0.1, 0.15) is 74.9 Å². The highest BCUT2D eigenvalue weighted by Crippen LogP contribution is 2.58. The summed E-state index contributed by atoms with van der Waals surface area (Å²) in [7, 11) is 0. The highest BCUT2D eigenvalue weighted by Gasteiger charge is 2.43. The number of aromatic nitrogens is 5. The normalized spacial score (nSPS) is 13.9. The van der Waals surface area contributed by atoms with E-state index in [1.807, 2.05) is 6.07 Å². The molecule has 0 aliphatic heterocycles. The summed E-state index contributed by atoms with van der Waals surface area (Å²) in [5, 5.41) is 10.8. The Morgan fingerprint density at radius 2 is 0.528 bits per heavy atom. The molecule has 19 aromatic rings. The minimum atomic E-state index is -0.192. The first kappa shape index (κ1) is 63.3. The molecule has 0 saturated carbocycles. The molecule has 3 aliphatic carbocycles. The van der Waals surface area contributed by atoms with Gasteiger partial charge in [0.1, 0.15) is 5.82 Å². The van der Waals surface area contributed by atoms with Crippen molar-refractivity contribution >= 4 is 76.1 Å². The summed E-state index contributed by atoms with van der Waals surface area (Å²) in [5.41, 5.74) is 34.1. The predicted molar refractivity (Wildman–Crippen MR) is 451 cm³/mol. The first-order chi connectivity index (χ1) is 52.8. The van der Waals surface area contributed by atoms with Crippen LogP contribution in [0.2, 0.25) is 0 Å². The standard InChI is InChI=1S/C56H40N2.C47H33N3/c1-55(2)45-19-11-9-17-41(45)53-49(55)47(43-31-29-35-13-5-7-15-39(35)51(43)57-53)37-25-21-33(22-26-37)34-23-27-38(28-24-34)48-44-32-30-36-14-6-8-16-40(36)52(44)58-54-42-18-10-12-20-46(42)56(3,4)50(48)54;1-47(2)39-17-9-8-16-37(39)45-43(47)42(38-29-28-32-12-6-7-15-36(32)44(38)49-45)33-24-20-30(21-25-33)31-22-26-34(27-23-31)46-48-40-18-10-11-19-41(40)50(46)35-13-4-3-5-14-35/h5-32H,1-4H3;3-29H,1-2H3. The van der Waals surface area contributed by atoms with Crippen LogP contribution < -0.4 is 0 Å². The van der Waals surface area contributed by atoms with Crippen molar-refractivity contribution in [1.82, 2.24) is 24.5 Å². The number of hydrogen-bond acceptors (Lipinski definition) is 4. The number of nitrogens with zero attached hydrogens (tertiary/aromatic N) is 5. The molecular weight excluding hydrogens is 1310 g/mol. The summed E-state index contributed by atoms with van der Waals surface area (Å²) in [6.07, 6.45) is 0. The lowest BCUT2D eigenvalue weighted by molar-refractivity contribution is 0.661. The fourth-order valence-corrected chi connectivity index (χ4v) is 18.8. The van der Waals surface area contributed by atoms with Crippen molar-refractivity contribution in [3.8, 4) is 106 Å². The lowest BCUT2D eigenvalue weighted by Gasteiger charge is -2.25. The number of imidazole rings is 1. The van der Waals surface area contributed by atoms with Gasteiger partial charge in [-0.2, -0.15) is 0 Å². The number of fused-ring (bicyclic) bond motifs is 19. The maximum atomic E-state index is 5.48. The second kappa shape index (κ2) is 23.9. The van der Waals surface area contributed by atoms with Gasteiger partial charge in [0.15, 0.2) is 0 Å². The molecule has 0 unspecified atom stereocenters. The number of rotatable bonds is 7. The van der Waals surface area contributed by atoms with E-state index in [4.69, 9.17) is 19.9 Å². The van der Waals surface area contributed by atoms with Crippen LogP contribution in [-0.2, 0) is 16.2 Å². The van der Waals surface area contributed by atoms with Crippen LogP contribution >= 0.6 is 0 Å². The third-order valence-electron chi connectivity index (χ3n) is 24.0. The average Bonchev–Trinajstić information content (AvgIpc) is 1.53. The number of hydrogen-bond donors (Lipinski definition) is 0. The van der Waals surface area contributed by atoms with Crippen molar-refractivity contribution in [2.45, 2.75) is 57.8 Å². The quantitative estimate of drug-likeness (QED) is 0.149. The van der Waals surface area contributed by atoms with Crippen molar-refractivity contribution in [3.63, 3.8) is 0 Å². The molecule has 15 aromatic carbocycles. The SMILES string of the molecule is CC1(C)c2ccccc2-c2nc3c(ccc4ccccc43)c(-c3ccc(-c4ccc(-c5c6c(nc7c5ccc5ccccc57)-c5ccccc5C6(C)C)cc4)cc3)c21.CC1(C)c2ccccc2-c2nc3c(ccc4ccccc43)c(-c3ccc(-c4ccc(-c5nc6ccccc6n5-c5ccccc5)cc4)cc3)c21. The molecular formula is C103H73N5. The third-order valence-corrected chi connectivity index (χ3v) is 24.0. The van der Waals surface area contributed by atoms with Crippen molar-refractivity contribution in [1.29, 1.82) is 0 Å². The van der Waals surface area contributed by atoms with E-state index >= 15 is 0 Å². The first-order valence-electron chi connectivity index (χ1n) is 37.7. The molecule has 4 heterocycles. The van der Waals surface area contributed by atoms with Gasteiger partial charge in [-0.25, -0.2) is 19.9 Å². The highest BCUT2D eigenvalue weighted by atomic mass is 15.1. The Bertz CT molecular complexity index is 6730. The van der Waals surface area contributed by atoms with E-state index in [9.17, 15) is 0 Å². The zero-order valence-corrected chi connectivity index (χ0v) is 61.0. The molecule has 0 amide bonds. The topological polar surface area (TPSA) is 56.5 Å². The molecule has 4 aromatic heterocycles. The lowest BCUT2D eigenvalue weighted by Crippen LogP contribution is -2.16. The van der Waals surface area contributed by atoms with Gasteiger partial charge in [-0.3, -0.25) is 4.57 Å². The molecule has 510 valence electrons. The smallest absolute Gasteiger partial charge is 0.145 e. The van der Waals surface area contributed by atoms with E-state index in [-0.39, 0.29) is 16.2 Å². The van der Waals surface area contributed by atoms with Gasteiger partial charge in [-0.1, -0.05) is 351 Å². The summed E-state index contributed by atoms with van der Waals surface area (Å²) < 4.78 is 2.25. The maximum absolute atomic E-state index is 5.48. The number of para-hydroxylation sites is 3. The van der Waals surface area contributed by atoms with E-state index in [1.54, 1.807) is 0 Å². The van der Waals surface area contributed by atoms with E-state index < -0.39 is 0 Å². The van der Waals surface area contributed by atoms with Crippen LogP contribution in [0.15, 0.2) is 334 Å². The fourth-order valence-electron chi connectivity index (χ4n) is 18.8. The number of benzene rings is 15. The van der Waals surface area contributed by atoms with Gasteiger partial charge < -0.3 is 0 Å². The van der Waals surface area contributed by atoms with Gasteiger partial charge in [-0.05, 0) is 129 Å². The summed E-state index contributed by atoms with van der Waals surface area (Å²) >= 11 is 0. The van der Waals surface area contributed by atoms with Gasteiger partial charge in [0.25, 0.3) is 0 Å². The molecule has 108 heavy (non-hydrogen) atoms. The minimum Gasteiger partial charge on any atom is -0.292 e. The molecule has 5 nitrogen and oxygen atoms in total. The van der Waals surface area contributed by atoms with Crippen LogP contribution in [-0.4, -0.2) is 24.5 Å². The van der Waals surface area contributed by atoms with Crippen LogP contribution in [0.5, 0.6) is 0 Å². The Kier molecular flexibility index (Phi) is 14.0. The molecule has 0 fully saturated rings. The second-order valence-corrected chi connectivity index (χ2v) is 31.1. The first-order valence-corrected chi connectivity index (χ1v) is 37.7. The molecule has 22 rings (SSSR count). The molecule has 0 saturated heterocycles. The zero-order valence-electron chi connectivity index (χ0n) is 61.0. The van der Waals surface area contributed by atoms with Gasteiger partial charge in [-0.15, -0.1) is 0 Å². The highest BCUT2D eigenvalue weighted by molar-refractivity contribution is 6.16. The maximum Gasteiger partial charge on any atom is 0.145 e. The second-order valence-electron chi connectivity index (χ2n) is 31.1. The molecule has 3 aliphatic rings. The summed E-state index contributed by atoms with van der Waals surface area (Å²) in [4.78, 5) is 21.5. The van der Waals surface area contributed by atoms with Gasteiger partial charge in [0.05, 0.1) is 44.7 Å². The van der Waals surface area contributed by atoms with E-state index in [2.05, 4.69) is 374 Å². The molecule has 0 radical (unpaired) electrons. The zero-order chi connectivity index (χ0) is 72.3. The van der Waals surface area contributed by atoms with Crippen LogP contribution in [0.3, 0.4) is 0 Å². The average molecular weight is 1380 g/mol. The Morgan fingerprint density at radius 1 is 0.231 bits per heavy atom. The van der Waals surface area contributed by atoms with Crippen LogP contribution in [0, 0.1) is 0 Å². The molecule has 0 bridgehead atoms. The van der Waals surface area contributed by atoms with Crippen LogP contribution in [0.25, 0.3) is 183 Å². The van der Waals surface area contributed by atoms with E-state index in [1.165, 1.54) is 154 Å². The van der Waals surface area contributed by atoms with E-state index in [0.717, 1.165) is 61.7 Å². The molecule has 0 spiro atoms. The van der Waals surface area contributed by atoms with Crippen molar-refractivity contribution in [3.05, 3.63) is 367 Å². The summed E-state index contributed by atoms with van der Waals surface area (Å²) in [6.45, 7) is 14.1. The van der Waals surface area contributed by atoms with Crippen molar-refractivity contribution in [2.24, 2.45) is 0 Å². The number of pyridine rings is 3. The van der Waals surface area contributed by atoms with E-state index in [0.29, 0.717) is 0 Å². The van der Waals surface area contributed by atoms with Crippen LogP contribution in [0.4, 0.5) is 0 Å². The Balaban J connectivity index is 0.000000139. The molecule has 0 N–H and O–H groups in total. The van der Waals surface area contributed by atoms with Gasteiger partial charge in [0, 0.05) is 76.5 Å². The van der Waals surface area contributed by atoms with Gasteiger partial charge >= 0.3 is 0 Å². The summed E-state index contributed by atoms with van der Waals surface area (Å²) in [6, 6.07) is 121. The predicted octanol–water partition coefficient (Wildman–Crippen LogP) is 26.7. The Labute approximate surface area is 627 Å². The van der Waals surface area contributed by atoms with Gasteiger partial charge in [0.2, 0.25) is 0 Å². The lowest BCUT2D eigenvalue weighted by atomic mass is 9.78. The Morgan fingerprint density at radius 3 is 0.898 bits per heavy atom.